The van der Waals surface area contributed by atoms with E-state index in [9.17, 15) is 0 Å². The summed E-state index contributed by atoms with van der Waals surface area (Å²) in [4.78, 5) is 1.33. The molecule has 0 bridgehead atoms. The maximum Gasteiger partial charge on any atom is 0.0931 e. The molecule has 4 heteroatoms. The highest BCUT2D eigenvalue weighted by Gasteiger charge is 2.22. The third-order valence-electron chi connectivity index (χ3n) is 3.10. The van der Waals surface area contributed by atoms with Crippen LogP contribution in [0.2, 0.25) is 4.34 Å². The fourth-order valence-corrected chi connectivity index (χ4v) is 3.38. The topological polar surface area (TPSA) is 21.3 Å². The Bertz CT molecular complexity index is 336. The van der Waals surface area contributed by atoms with Gasteiger partial charge in [-0.05, 0) is 44.4 Å². The van der Waals surface area contributed by atoms with Gasteiger partial charge in [0.25, 0.3) is 0 Å². The minimum atomic E-state index is 0.399. The van der Waals surface area contributed by atoms with Crippen molar-refractivity contribution in [1.29, 1.82) is 0 Å². The molecule has 1 fully saturated rings. The van der Waals surface area contributed by atoms with Gasteiger partial charge >= 0.3 is 0 Å². The summed E-state index contributed by atoms with van der Waals surface area (Å²) in [5, 5.41) is 3.60. The van der Waals surface area contributed by atoms with Crippen LogP contribution in [-0.4, -0.2) is 19.3 Å². The molecule has 1 N–H and O–H groups in total. The van der Waals surface area contributed by atoms with Crippen LogP contribution < -0.4 is 5.32 Å². The molecule has 0 radical (unpaired) electrons. The van der Waals surface area contributed by atoms with Crippen LogP contribution in [0.5, 0.6) is 0 Å². The predicted octanol–water partition coefficient (Wildman–Crippen LogP) is 4.01. The molecule has 1 aromatic heterocycles. The summed E-state index contributed by atoms with van der Waals surface area (Å²) < 4.78 is 6.59. The Kier molecular flexibility index (Phi) is 5.29. The fourth-order valence-electron chi connectivity index (χ4n) is 2.23. The van der Waals surface area contributed by atoms with E-state index >= 15 is 0 Å². The highest BCUT2D eigenvalue weighted by atomic mass is 35.5. The lowest BCUT2D eigenvalue weighted by atomic mass is 10.1. The smallest absolute Gasteiger partial charge is 0.0931 e. The van der Waals surface area contributed by atoms with Gasteiger partial charge in [0.15, 0.2) is 0 Å². The van der Waals surface area contributed by atoms with Crippen molar-refractivity contribution < 1.29 is 4.74 Å². The maximum atomic E-state index is 6.01. The Labute approximate surface area is 112 Å². The molecule has 1 aliphatic rings. The zero-order chi connectivity index (χ0) is 12.1. The second-order valence-corrected chi connectivity index (χ2v) is 6.27. The van der Waals surface area contributed by atoms with Crippen molar-refractivity contribution in [2.24, 2.45) is 0 Å². The van der Waals surface area contributed by atoms with Crippen molar-refractivity contribution in [1.82, 2.24) is 5.32 Å². The minimum Gasteiger partial charge on any atom is -0.378 e. The van der Waals surface area contributed by atoms with Gasteiger partial charge in [0, 0.05) is 17.5 Å². The first-order valence-corrected chi connectivity index (χ1v) is 7.59. The van der Waals surface area contributed by atoms with Gasteiger partial charge in [-0.25, -0.2) is 0 Å². The molecule has 0 aromatic carbocycles. The first-order valence-electron chi connectivity index (χ1n) is 6.40. The zero-order valence-corrected chi connectivity index (χ0v) is 11.8. The van der Waals surface area contributed by atoms with E-state index in [-0.39, 0.29) is 0 Å². The van der Waals surface area contributed by atoms with Crippen LogP contribution in [-0.2, 0) is 4.74 Å². The third kappa shape index (κ3) is 3.95. The Morgan fingerprint density at radius 3 is 3.06 bits per heavy atom. The molecule has 0 spiro atoms. The fraction of sp³-hybridized carbons (Fsp3) is 0.692. The second-order valence-electron chi connectivity index (χ2n) is 4.52. The van der Waals surface area contributed by atoms with Crippen LogP contribution in [0.1, 0.15) is 43.5 Å². The van der Waals surface area contributed by atoms with Crippen LogP contribution in [0.4, 0.5) is 0 Å². The molecule has 2 heterocycles. The van der Waals surface area contributed by atoms with Gasteiger partial charge in [-0.1, -0.05) is 18.5 Å². The number of thiophene rings is 1. The highest BCUT2D eigenvalue weighted by molar-refractivity contribution is 7.16. The maximum absolute atomic E-state index is 6.01. The molecule has 96 valence electrons. The molecule has 2 unspecified atom stereocenters. The van der Waals surface area contributed by atoms with Crippen LogP contribution in [0.3, 0.4) is 0 Å². The number of ether oxygens (including phenoxy) is 1. The molecule has 2 atom stereocenters. The van der Waals surface area contributed by atoms with Crippen molar-refractivity contribution in [2.75, 3.05) is 13.2 Å². The summed E-state index contributed by atoms with van der Waals surface area (Å²) in [7, 11) is 0. The van der Waals surface area contributed by atoms with E-state index in [1.807, 2.05) is 6.07 Å². The lowest BCUT2D eigenvalue weighted by Crippen LogP contribution is -2.25. The highest BCUT2D eigenvalue weighted by Crippen LogP contribution is 2.31. The van der Waals surface area contributed by atoms with E-state index in [0.717, 1.165) is 30.3 Å². The van der Waals surface area contributed by atoms with Gasteiger partial charge in [-0.2, -0.15) is 0 Å². The summed E-state index contributed by atoms with van der Waals surface area (Å²) >= 11 is 7.69. The van der Waals surface area contributed by atoms with Crippen molar-refractivity contribution in [3.8, 4) is 0 Å². The van der Waals surface area contributed by atoms with Crippen LogP contribution >= 0.6 is 22.9 Å². The van der Waals surface area contributed by atoms with Crippen molar-refractivity contribution in [2.45, 2.75) is 44.8 Å². The average molecular weight is 274 g/mol. The SMILES string of the molecule is CCCNC(CC1CCCO1)c1ccc(Cl)s1. The van der Waals surface area contributed by atoms with Gasteiger partial charge in [0.1, 0.15) is 0 Å². The standard InChI is InChI=1S/C13H20ClNOS/c1-2-7-15-11(9-10-4-3-8-16-10)12-5-6-13(14)17-12/h5-6,10-11,15H,2-4,7-9H2,1H3. The predicted molar refractivity (Wildman–Crippen MR) is 74.0 cm³/mol. The second kappa shape index (κ2) is 6.74. The Hall–Kier alpha value is -0.0900. The first-order chi connectivity index (χ1) is 8.29. The van der Waals surface area contributed by atoms with Crippen molar-refractivity contribution in [3.05, 3.63) is 21.3 Å². The molecule has 2 rings (SSSR count). The molecule has 2 nitrogen and oxygen atoms in total. The summed E-state index contributed by atoms with van der Waals surface area (Å²) in [5.74, 6) is 0. The quantitative estimate of drug-likeness (QED) is 0.846. The van der Waals surface area contributed by atoms with Crippen LogP contribution in [0, 0.1) is 0 Å². The minimum absolute atomic E-state index is 0.399. The van der Waals surface area contributed by atoms with Gasteiger partial charge < -0.3 is 10.1 Å². The molecule has 17 heavy (non-hydrogen) atoms. The molecule has 0 aliphatic carbocycles. The molecular weight excluding hydrogens is 254 g/mol. The molecule has 0 saturated carbocycles. The van der Waals surface area contributed by atoms with Gasteiger partial charge in [-0.3, -0.25) is 0 Å². The average Bonchev–Trinajstić information content (AvgIpc) is 2.95. The van der Waals surface area contributed by atoms with E-state index in [4.69, 9.17) is 16.3 Å². The Morgan fingerprint density at radius 2 is 2.47 bits per heavy atom. The number of nitrogens with one attached hydrogen (secondary N) is 1. The lowest BCUT2D eigenvalue weighted by Gasteiger charge is -2.20. The Balaban J connectivity index is 1.96. The lowest BCUT2D eigenvalue weighted by molar-refractivity contribution is 0.0949. The molecule has 0 amide bonds. The van der Waals surface area contributed by atoms with Crippen molar-refractivity contribution in [3.63, 3.8) is 0 Å². The summed E-state index contributed by atoms with van der Waals surface area (Å²) in [6.45, 7) is 4.17. The van der Waals surface area contributed by atoms with E-state index in [1.54, 1.807) is 11.3 Å². The largest absolute Gasteiger partial charge is 0.378 e. The van der Waals surface area contributed by atoms with Gasteiger partial charge in [-0.15, -0.1) is 11.3 Å². The summed E-state index contributed by atoms with van der Waals surface area (Å²) in [5.41, 5.74) is 0. The third-order valence-corrected chi connectivity index (χ3v) is 4.45. The molecule has 1 aromatic rings. The van der Waals surface area contributed by atoms with E-state index in [0.29, 0.717) is 12.1 Å². The number of halogens is 1. The number of rotatable bonds is 6. The van der Waals surface area contributed by atoms with E-state index in [1.165, 1.54) is 17.7 Å². The van der Waals surface area contributed by atoms with Crippen LogP contribution in [0.15, 0.2) is 12.1 Å². The Morgan fingerprint density at radius 1 is 1.59 bits per heavy atom. The van der Waals surface area contributed by atoms with E-state index in [2.05, 4.69) is 18.3 Å². The summed E-state index contributed by atoms with van der Waals surface area (Å²) in [6, 6.07) is 4.52. The van der Waals surface area contributed by atoms with Crippen LogP contribution in [0.25, 0.3) is 0 Å². The van der Waals surface area contributed by atoms with Gasteiger partial charge in [0.05, 0.1) is 10.4 Å². The monoisotopic (exact) mass is 273 g/mol. The van der Waals surface area contributed by atoms with E-state index < -0.39 is 0 Å². The number of hydrogen-bond donors (Lipinski definition) is 1. The van der Waals surface area contributed by atoms with Crippen molar-refractivity contribution >= 4 is 22.9 Å². The molecular formula is C13H20ClNOS. The molecule has 1 saturated heterocycles. The van der Waals surface area contributed by atoms with Gasteiger partial charge in [0.2, 0.25) is 0 Å². The number of hydrogen-bond acceptors (Lipinski definition) is 3. The first kappa shape index (κ1) is 13.3. The zero-order valence-electron chi connectivity index (χ0n) is 10.2. The normalized spacial score (nSPS) is 21.9. The summed E-state index contributed by atoms with van der Waals surface area (Å²) in [6.07, 6.45) is 5.04. The molecule has 1 aliphatic heterocycles.